The normalized spacial score (nSPS) is 15.6. The maximum Gasteiger partial charge on any atom is 0.333 e. The number of carbonyl (C=O) groups excluding carboxylic acids is 1. The van der Waals surface area contributed by atoms with Crippen molar-refractivity contribution in [1.29, 1.82) is 0 Å². The van der Waals surface area contributed by atoms with Gasteiger partial charge in [-0.05, 0) is 64.9 Å². The van der Waals surface area contributed by atoms with Crippen LogP contribution in [-0.2, 0) is 15.6 Å². The maximum atomic E-state index is 14.0. The van der Waals surface area contributed by atoms with Crippen molar-refractivity contribution in [2.45, 2.75) is 62.2 Å². The predicted octanol–water partition coefficient (Wildman–Crippen LogP) is 4.63. The summed E-state index contributed by atoms with van der Waals surface area (Å²) < 4.78 is 41.1. The van der Waals surface area contributed by atoms with Gasteiger partial charge in [-0.2, -0.15) is 0 Å². The van der Waals surface area contributed by atoms with E-state index in [-0.39, 0.29) is 16.0 Å². The molecule has 0 saturated heterocycles. The molecule has 1 aliphatic rings. The number of carbonyl (C=O) groups is 1. The third-order valence-electron chi connectivity index (χ3n) is 4.97. The Kier molecular flexibility index (Phi) is 5.77. The Morgan fingerprint density at radius 2 is 1.69 bits per heavy atom. The van der Waals surface area contributed by atoms with Crippen LogP contribution in [0.1, 0.15) is 69.1 Å². The molecule has 1 heterocycles. The lowest BCUT2D eigenvalue weighted by Crippen LogP contribution is -2.34. The number of amides is 2. The number of aliphatic hydroxyl groups is 1. The third kappa shape index (κ3) is 4.62. The molecule has 0 aliphatic heterocycles. The summed E-state index contributed by atoms with van der Waals surface area (Å²) in [6, 6.07) is 3.18. The maximum absolute atomic E-state index is 14.0. The molecule has 0 spiro atoms. The van der Waals surface area contributed by atoms with Gasteiger partial charge in [-0.3, -0.25) is 0 Å². The SMILES string of the molecule is CC(C)c1cc(F)cc(C(C)C)c1NC(=O)NS(=O)(=O)c1cc(C2(O)CC2)cs1. The summed E-state index contributed by atoms with van der Waals surface area (Å²) >= 11 is 0.950. The van der Waals surface area contributed by atoms with Gasteiger partial charge in [-0.1, -0.05) is 27.7 Å². The van der Waals surface area contributed by atoms with Crippen LogP contribution in [0, 0.1) is 5.82 Å². The summed E-state index contributed by atoms with van der Waals surface area (Å²) in [6.07, 6.45) is 1.19. The lowest BCUT2D eigenvalue weighted by Gasteiger charge is -2.20. The van der Waals surface area contributed by atoms with E-state index in [1.807, 2.05) is 32.4 Å². The molecular weight excluding hydrogens is 415 g/mol. The zero-order valence-corrected chi connectivity index (χ0v) is 18.4. The molecule has 1 aliphatic carbocycles. The third-order valence-corrected chi connectivity index (χ3v) is 7.75. The molecule has 0 atom stereocenters. The van der Waals surface area contributed by atoms with Gasteiger partial charge in [0.05, 0.1) is 5.60 Å². The van der Waals surface area contributed by atoms with E-state index in [0.29, 0.717) is 35.2 Å². The van der Waals surface area contributed by atoms with E-state index in [1.54, 1.807) is 5.38 Å². The number of anilines is 1. The summed E-state index contributed by atoms with van der Waals surface area (Å²) in [5.74, 6) is -0.552. The van der Waals surface area contributed by atoms with Gasteiger partial charge in [-0.25, -0.2) is 22.3 Å². The van der Waals surface area contributed by atoms with Gasteiger partial charge < -0.3 is 10.4 Å². The number of nitrogens with one attached hydrogen (secondary N) is 2. The highest BCUT2D eigenvalue weighted by Gasteiger charge is 2.43. The second-order valence-corrected chi connectivity index (χ2v) is 10.8. The summed E-state index contributed by atoms with van der Waals surface area (Å²) in [7, 11) is -4.09. The van der Waals surface area contributed by atoms with E-state index in [1.165, 1.54) is 18.2 Å². The Labute approximate surface area is 174 Å². The quantitative estimate of drug-likeness (QED) is 0.610. The number of thiophene rings is 1. The van der Waals surface area contributed by atoms with Crippen LogP contribution >= 0.6 is 11.3 Å². The smallest absolute Gasteiger partial charge is 0.333 e. The van der Waals surface area contributed by atoms with Crippen molar-refractivity contribution < 1.29 is 22.7 Å². The van der Waals surface area contributed by atoms with Crippen molar-refractivity contribution in [2.75, 3.05) is 5.32 Å². The number of sulfonamides is 1. The zero-order valence-electron chi connectivity index (χ0n) is 16.7. The topological polar surface area (TPSA) is 95.5 Å². The highest BCUT2D eigenvalue weighted by Crippen LogP contribution is 2.47. The fourth-order valence-electron chi connectivity index (χ4n) is 3.12. The van der Waals surface area contributed by atoms with E-state index < -0.39 is 27.5 Å². The van der Waals surface area contributed by atoms with Crippen molar-refractivity contribution >= 4 is 33.1 Å². The highest BCUT2D eigenvalue weighted by molar-refractivity contribution is 7.92. The molecule has 0 radical (unpaired) electrons. The summed E-state index contributed by atoms with van der Waals surface area (Å²) in [4.78, 5) is 12.5. The molecule has 158 valence electrons. The summed E-state index contributed by atoms with van der Waals surface area (Å²) in [6.45, 7) is 7.48. The van der Waals surface area contributed by atoms with Crippen LogP contribution in [0.4, 0.5) is 14.9 Å². The number of hydrogen-bond donors (Lipinski definition) is 3. The minimum absolute atomic E-state index is 0.0461. The number of halogens is 1. The van der Waals surface area contributed by atoms with Gasteiger partial charge in [0.1, 0.15) is 10.0 Å². The number of hydrogen-bond acceptors (Lipinski definition) is 5. The molecule has 1 aromatic carbocycles. The molecule has 9 heteroatoms. The molecule has 3 rings (SSSR count). The lowest BCUT2D eigenvalue weighted by atomic mass is 9.92. The predicted molar refractivity (Wildman–Crippen MR) is 111 cm³/mol. The Hall–Kier alpha value is -1.97. The first-order chi connectivity index (χ1) is 13.4. The van der Waals surface area contributed by atoms with Gasteiger partial charge in [0.2, 0.25) is 0 Å². The van der Waals surface area contributed by atoms with Crippen molar-refractivity contribution in [3.63, 3.8) is 0 Å². The van der Waals surface area contributed by atoms with Crippen molar-refractivity contribution in [2.24, 2.45) is 0 Å². The standard InChI is InChI=1S/C20H25FN2O4S2/c1-11(2)15-8-14(21)9-16(12(3)4)18(15)22-19(24)23-29(26,27)17-7-13(10-28-17)20(25)5-6-20/h7-12,25H,5-6H2,1-4H3,(H2,22,23,24). The average Bonchev–Trinajstić information content (AvgIpc) is 3.15. The molecule has 1 aromatic heterocycles. The summed E-state index contributed by atoms with van der Waals surface area (Å²) in [5, 5.41) is 14.3. The largest absolute Gasteiger partial charge is 0.385 e. The van der Waals surface area contributed by atoms with Crippen LogP contribution in [0.2, 0.25) is 0 Å². The van der Waals surface area contributed by atoms with Crippen LogP contribution < -0.4 is 10.0 Å². The first kappa shape index (κ1) is 21.7. The van der Waals surface area contributed by atoms with Crippen molar-refractivity contribution in [3.05, 3.63) is 46.1 Å². The second-order valence-electron chi connectivity index (χ2n) is 8.01. The molecule has 2 amide bonds. The van der Waals surface area contributed by atoms with Gasteiger partial charge in [0, 0.05) is 5.69 Å². The average molecular weight is 441 g/mol. The minimum Gasteiger partial charge on any atom is -0.385 e. The molecule has 1 fully saturated rings. The molecule has 2 aromatic rings. The van der Waals surface area contributed by atoms with E-state index >= 15 is 0 Å². The van der Waals surface area contributed by atoms with Crippen LogP contribution in [0.3, 0.4) is 0 Å². The number of benzene rings is 1. The van der Waals surface area contributed by atoms with Crippen molar-refractivity contribution in [3.8, 4) is 0 Å². The van der Waals surface area contributed by atoms with E-state index in [0.717, 1.165) is 11.3 Å². The fraction of sp³-hybridized carbons (Fsp3) is 0.450. The zero-order chi connectivity index (χ0) is 21.6. The minimum atomic E-state index is -4.09. The molecule has 3 N–H and O–H groups in total. The Morgan fingerprint density at radius 3 is 2.17 bits per heavy atom. The van der Waals surface area contributed by atoms with Gasteiger partial charge in [0.15, 0.2) is 0 Å². The van der Waals surface area contributed by atoms with Gasteiger partial charge >= 0.3 is 6.03 Å². The second kappa shape index (κ2) is 7.70. The van der Waals surface area contributed by atoms with Crippen LogP contribution in [0.15, 0.2) is 27.8 Å². The van der Waals surface area contributed by atoms with Gasteiger partial charge in [0.25, 0.3) is 10.0 Å². The van der Waals surface area contributed by atoms with E-state index in [2.05, 4.69) is 5.32 Å². The Bertz CT molecular complexity index is 1010. The first-order valence-corrected chi connectivity index (χ1v) is 11.8. The molecule has 0 bridgehead atoms. The highest BCUT2D eigenvalue weighted by atomic mass is 32.2. The monoisotopic (exact) mass is 440 g/mol. The van der Waals surface area contributed by atoms with Crippen LogP contribution in [-0.4, -0.2) is 19.6 Å². The molecular formula is C20H25FN2O4S2. The molecule has 1 saturated carbocycles. The Morgan fingerprint density at radius 1 is 1.14 bits per heavy atom. The van der Waals surface area contributed by atoms with Crippen molar-refractivity contribution in [1.82, 2.24) is 4.72 Å². The summed E-state index contributed by atoms with van der Waals surface area (Å²) in [5.41, 5.74) is 1.21. The molecule has 6 nitrogen and oxygen atoms in total. The number of urea groups is 1. The fourth-order valence-corrected chi connectivity index (χ4v) is 5.30. The van der Waals surface area contributed by atoms with Crippen LogP contribution in [0.5, 0.6) is 0 Å². The molecule has 29 heavy (non-hydrogen) atoms. The van der Waals surface area contributed by atoms with E-state index in [9.17, 15) is 22.7 Å². The Balaban J connectivity index is 1.84. The van der Waals surface area contributed by atoms with Gasteiger partial charge in [-0.15, -0.1) is 11.3 Å². The lowest BCUT2D eigenvalue weighted by molar-refractivity contribution is 0.152. The van der Waals surface area contributed by atoms with E-state index in [4.69, 9.17) is 0 Å². The first-order valence-electron chi connectivity index (χ1n) is 9.41. The molecule has 0 unspecified atom stereocenters. The van der Waals surface area contributed by atoms with Crippen LogP contribution in [0.25, 0.3) is 0 Å². The number of rotatable bonds is 6.